The minimum Gasteiger partial charge on any atom is -0.465 e. The first-order chi connectivity index (χ1) is 13.1. The van der Waals surface area contributed by atoms with Crippen molar-refractivity contribution in [2.24, 2.45) is 0 Å². The Labute approximate surface area is 167 Å². The first-order valence-electron chi connectivity index (χ1n) is 9.74. The topological polar surface area (TPSA) is 83.3 Å². The molecule has 2 aliphatic heterocycles. The van der Waals surface area contributed by atoms with Gasteiger partial charge in [-0.3, -0.25) is 9.69 Å². The number of aryl methyl sites for hydroxylation is 1. The molecule has 0 unspecified atom stereocenters. The number of nitrogens with zero attached hydrogens (tertiary/aromatic N) is 3. The number of likely N-dealkylation sites (tertiary alicyclic amines) is 1. The largest absolute Gasteiger partial charge is 0.465 e. The standard InChI is InChI=1S/C19H31N3O5S/c1-14-5-6-16(26-14)12-21-13-17(11-18(21)19(23)20(2)3)27-15-7-9-22(10-8-15)28(4,24)25/h5-6,15,17-18H,7-13H2,1-4H3/t17-,18-/m0/s1. The minimum atomic E-state index is -3.14. The van der Waals surface area contributed by atoms with Crippen LogP contribution in [-0.2, 0) is 26.1 Å². The molecular formula is C19H31N3O5S. The Morgan fingerprint density at radius 2 is 1.93 bits per heavy atom. The average molecular weight is 414 g/mol. The Kier molecular flexibility index (Phi) is 6.48. The van der Waals surface area contributed by atoms with Gasteiger partial charge in [0, 0.05) is 33.7 Å². The summed E-state index contributed by atoms with van der Waals surface area (Å²) < 4.78 is 36.8. The third-order valence-corrected chi connectivity index (χ3v) is 6.80. The van der Waals surface area contributed by atoms with Crippen molar-refractivity contribution >= 4 is 15.9 Å². The van der Waals surface area contributed by atoms with Crippen molar-refractivity contribution in [1.82, 2.24) is 14.1 Å². The predicted octanol–water partition coefficient (Wildman–Crippen LogP) is 1.06. The van der Waals surface area contributed by atoms with Gasteiger partial charge in [-0.1, -0.05) is 0 Å². The summed E-state index contributed by atoms with van der Waals surface area (Å²) in [5.74, 6) is 1.77. The summed E-state index contributed by atoms with van der Waals surface area (Å²) in [5.41, 5.74) is 0. The van der Waals surface area contributed by atoms with Gasteiger partial charge in [-0.15, -0.1) is 0 Å². The normalized spacial score (nSPS) is 25.3. The summed E-state index contributed by atoms with van der Waals surface area (Å²) in [5, 5.41) is 0. The summed E-state index contributed by atoms with van der Waals surface area (Å²) in [4.78, 5) is 16.4. The van der Waals surface area contributed by atoms with Crippen LogP contribution in [-0.4, -0.2) is 86.7 Å². The smallest absolute Gasteiger partial charge is 0.239 e. The highest BCUT2D eigenvalue weighted by molar-refractivity contribution is 7.88. The van der Waals surface area contributed by atoms with Crippen LogP contribution in [0.15, 0.2) is 16.5 Å². The summed E-state index contributed by atoms with van der Waals surface area (Å²) in [7, 11) is 0.402. The Hall–Kier alpha value is -1.42. The van der Waals surface area contributed by atoms with Crippen LogP contribution in [0, 0.1) is 6.92 Å². The van der Waals surface area contributed by atoms with Crippen molar-refractivity contribution < 1.29 is 22.4 Å². The molecule has 2 saturated heterocycles. The Morgan fingerprint density at radius 1 is 1.25 bits per heavy atom. The lowest BCUT2D eigenvalue weighted by atomic mass is 10.1. The molecule has 0 radical (unpaired) electrons. The molecule has 8 nitrogen and oxygen atoms in total. The van der Waals surface area contributed by atoms with Crippen LogP contribution in [0.2, 0.25) is 0 Å². The SMILES string of the molecule is Cc1ccc(CN2C[C@@H](OC3CCN(S(C)(=O)=O)CC3)C[C@H]2C(=O)N(C)C)o1. The fourth-order valence-electron chi connectivity index (χ4n) is 4.03. The lowest BCUT2D eigenvalue weighted by Crippen LogP contribution is -2.42. The van der Waals surface area contributed by atoms with E-state index < -0.39 is 10.0 Å². The van der Waals surface area contributed by atoms with E-state index in [4.69, 9.17) is 9.15 Å². The zero-order chi connectivity index (χ0) is 20.5. The molecule has 0 N–H and O–H groups in total. The van der Waals surface area contributed by atoms with Gasteiger partial charge >= 0.3 is 0 Å². The highest BCUT2D eigenvalue weighted by Crippen LogP contribution is 2.27. The summed E-state index contributed by atoms with van der Waals surface area (Å²) in [6, 6.07) is 3.64. The fourth-order valence-corrected chi connectivity index (χ4v) is 4.91. The van der Waals surface area contributed by atoms with E-state index in [9.17, 15) is 13.2 Å². The van der Waals surface area contributed by atoms with E-state index in [0.717, 1.165) is 11.5 Å². The molecule has 1 amide bonds. The van der Waals surface area contributed by atoms with E-state index >= 15 is 0 Å². The molecule has 2 fully saturated rings. The van der Waals surface area contributed by atoms with Gasteiger partial charge in [0.05, 0.1) is 31.1 Å². The minimum absolute atomic E-state index is 0.0314. The molecule has 158 valence electrons. The molecular weight excluding hydrogens is 382 g/mol. The molecule has 1 aromatic rings. The Balaban J connectivity index is 1.61. The monoisotopic (exact) mass is 413 g/mol. The molecule has 28 heavy (non-hydrogen) atoms. The van der Waals surface area contributed by atoms with Gasteiger partial charge in [-0.2, -0.15) is 0 Å². The molecule has 0 spiro atoms. The van der Waals surface area contributed by atoms with Gasteiger partial charge in [0.1, 0.15) is 11.5 Å². The van der Waals surface area contributed by atoms with Crippen molar-refractivity contribution in [2.75, 3.05) is 40.0 Å². The molecule has 1 aromatic heterocycles. The number of carbonyl (C=O) groups is 1. The number of furan rings is 1. The summed E-state index contributed by atoms with van der Waals surface area (Å²) in [6.07, 6.45) is 3.25. The van der Waals surface area contributed by atoms with Crippen LogP contribution in [0.3, 0.4) is 0 Å². The Bertz CT molecular complexity index is 783. The number of sulfonamides is 1. The average Bonchev–Trinajstić information content (AvgIpc) is 3.20. The Morgan fingerprint density at radius 3 is 2.46 bits per heavy atom. The van der Waals surface area contributed by atoms with Crippen molar-refractivity contribution in [1.29, 1.82) is 0 Å². The van der Waals surface area contributed by atoms with Gasteiger partial charge in [0.25, 0.3) is 0 Å². The number of ether oxygens (including phenoxy) is 1. The maximum absolute atomic E-state index is 12.7. The van der Waals surface area contributed by atoms with Crippen molar-refractivity contribution in [3.8, 4) is 0 Å². The third kappa shape index (κ3) is 5.14. The number of piperidine rings is 1. The number of carbonyl (C=O) groups excluding carboxylic acids is 1. The van der Waals surface area contributed by atoms with Gasteiger partial charge in [-0.25, -0.2) is 12.7 Å². The molecule has 2 aliphatic rings. The highest BCUT2D eigenvalue weighted by atomic mass is 32.2. The van der Waals surface area contributed by atoms with Crippen LogP contribution in [0.5, 0.6) is 0 Å². The van der Waals surface area contributed by atoms with Crippen molar-refractivity contribution in [3.05, 3.63) is 23.7 Å². The van der Waals surface area contributed by atoms with Crippen LogP contribution in [0.1, 0.15) is 30.8 Å². The molecule has 3 rings (SSSR count). The van der Waals surface area contributed by atoms with Crippen LogP contribution >= 0.6 is 0 Å². The van der Waals surface area contributed by atoms with Crippen molar-refractivity contribution in [2.45, 2.75) is 51.0 Å². The number of hydrogen-bond donors (Lipinski definition) is 0. The maximum atomic E-state index is 12.7. The van der Waals surface area contributed by atoms with Gasteiger partial charge in [0.15, 0.2) is 0 Å². The zero-order valence-corrected chi connectivity index (χ0v) is 17.9. The molecule has 0 aliphatic carbocycles. The maximum Gasteiger partial charge on any atom is 0.239 e. The van der Waals surface area contributed by atoms with E-state index in [-0.39, 0.29) is 24.2 Å². The molecule has 9 heteroatoms. The molecule has 0 aromatic carbocycles. The van der Waals surface area contributed by atoms with Gasteiger partial charge in [0.2, 0.25) is 15.9 Å². The van der Waals surface area contributed by atoms with E-state index in [1.807, 2.05) is 19.1 Å². The first-order valence-corrected chi connectivity index (χ1v) is 11.6. The second-order valence-corrected chi connectivity index (χ2v) is 10.0. The van der Waals surface area contributed by atoms with Crippen LogP contribution in [0.25, 0.3) is 0 Å². The first kappa shape index (κ1) is 21.3. The summed E-state index contributed by atoms with van der Waals surface area (Å²) in [6.45, 7) is 4.13. The van der Waals surface area contributed by atoms with Gasteiger partial charge < -0.3 is 14.1 Å². The quantitative estimate of drug-likeness (QED) is 0.694. The van der Waals surface area contributed by atoms with E-state index in [0.29, 0.717) is 45.4 Å². The highest BCUT2D eigenvalue weighted by Gasteiger charge is 2.40. The second-order valence-electron chi connectivity index (χ2n) is 8.05. The van der Waals surface area contributed by atoms with E-state index in [1.165, 1.54) is 10.6 Å². The zero-order valence-electron chi connectivity index (χ0n) is 17.1. The lowest BCUT2D eigenvalue weighted by Gasteiger charge is -2.31. The van der Waals surface area contributed by atoms with Crippen LogP contribution in [0.4, 0.5) is 0 Å². The molecule has 3 heterocycles. The predicted molar refractivity (Wildman–Crippen MR) is 105 cm³/mol. The lowest BCUT2D eigenvalue weighted by molar-refractivity contribution is -0.133. The molecule has 0 saturated carbocycles. The number of amides is 1. The van der Waals surface area contributed by atoms with E-state index in [2.05, 4.69) is 4.90 Å². The summed E-state index contributed by atoms with van der Waals surface area (Å²) >= 11 is 0. The fraction of sp³-hybridized carbons (Fsp3) is 0.737. The van der Waals surface area contributed by atoms with E-state index in [1.54, 1.807) is 19.0 Å². The van der Waals surface area contributed by atoms with Crippen LogP contribution < -0.4 is 0 Å². The third-order valence-electron chi connectivity index (χ3n) is 5.50. The number of rotatable bonds is 6. The number of hydrogen-bond acceptors (Lipinski definition) is 6. The molecule has 0 bridgehead atoms. The molecule has 2 atom stereocenters. The number of likely N-dealkylation sites (N-methyl/N-ethyl adjacent to an activating group) is 1. The van der Waals surface area contributed by atoms with Gasteiger partial charge in [-0.05, 0) is 38.3 Å². The second kappa shape index (κ2) is 8.52. The van der Waals surface area contributed by atoms with Crippen molar-refractivity contribution in [3.63, 3.8) is 0 Å².